The summed E-state index contributed by atoms with van der Waals surface area (Å²) in [7, 11) is 0. The van der Waals surface area contributed by atoms with E-state index in [-0.39, 0.29) is 5.78 Å². The summed E-state index contributed by atoms with van der Waals surface area (Å²) in [5.41, 5.74) is 2.07. The van der Waals surface area contributed by atoms with Crippen molar-refractivity contribution < 1.29 is 4.79 Å². The molecule has 0 amide bonds. The zero-order valence-electron chi connectivity index (χ0n) is 8.55. The number of hydrogen-bond donors (Lipinski definition) is 0. The van der Waals surface area contributed by atoms with Crippen LogP contribution < -0.4 is 0 Å². The minimum absolute atomic E-state index is 0.179. The quantitative estimate of drug-likeness (QED) is 0.759. The molecule has 0 spiro atoms. The molecular formula is C12H12N2O. The predicted octanol–water partition coefficient (Wildman–Crippen LogP) is 2.00. The third-order valence-corrected chi connectivity index (χ3v) is 2.17. The van der Waals surface area contributed by atoms with Crippen LogP contribution in [0, 0.1) is 0 Å². The molecule has 3 nitrogen and oxygen atoms in total. The first-order valence-corrected chi connectivity index (χ1v) is 4.82. The van der Waals surface area contributed by atoms with E-state index in [9.17, 15) is 4.79 Å². The Hall–Kier alpha value is -1.90. The fourth-order valence-electron chi connectivity index (χ4n) is 1.53. The standard InChI is InChI=1S/C12H12N2O/c1-10(15)7-11-3-2-4-12(8-11)14-6-5-13-9-14/h2-6,8-9H,7H2,1H3. The number of rotatable bonds is 3. The molecule has 1 aromatic carbocycles. The maximum atomic E-state index is 11.0. The van der Waals surface area contributed by atoms with Gasteiger partial charge >= 0.3 is 0 Å². The molecule has 1 aromatic heterocycles. The Morgan fingerprint density at radius 3 is 3.00 bits per heavy atom. The maximum Gasteiger partial charge on any atom is 0.134 e. The predicted molar refractivity (Wildman–Crippen MR) is 57.9 cm³/mol. The zero-order valence-corrected chi connectivity index (χ0v) is 8.55. The van der Waals surface area contributed by atoms with Crippen molar-refractivity contribution in [3.63, 3.8) is 0 Å². The van der Waals surface area contributed by atoms with E-state index in [0.717, 1.165) is 11.3 Å². The molecule has 1 heterocycles. The van der Waals surface area contributed by atoms with Crippen LogP contribution in [0.2, 0.25) is 0 Å². The Labute approximate surface area is 88.4 Å². The largest absolute Gasteiger partial charge is 0.306 e. The van der Waals surface area contributed by atoms with Crippen LogP contribution in [0.25, 0.3) is 5.69 Å². The lowest BCUT2D eigenvalue weighted by Gasteiger charge is -2.04. The Kier molecular flexibility index (Phi) is 2.63. The first kappa shape index (κ1) is 9.65. The second-order valence-electron chi connectivity index (χ2n) is 3.52. The van der Waals surface area contributed by atoms with Crippen molar-refractivity contribution in [1.29, 1.82) is 0 Å². The van der Waals surface area contributed by atoms with Crippen molar-refractivity contribution in [2.75, 3.05) is 0 Å². The fraction of sp³-hybridized carbons (Fsp3) is 0.167. The van der Waals surface area contributed by atoms with Crippen LogP contribution in [-0.2, 0) is 11.2 Å². The molecular weight excluding hydrogens is 188 g/mol. The molecule has 2 rings (SSSR count). The third kappa shape index (κ3) is 2.31. The Bertz CT molecular complexity index is 460. The second-order valence-corrected chi connectivity index (χ2v) is 3.52. The van der Waals surface area contributed by atoms with E-state index < -0.39 is 0 Å². The highest BCUT2D eigenvalue weighted by molar-refractivity contribution is 5.78. The molecule has 2 aromatic rings. The lowest BCUT2D eigenvalue weighted by atomic mass is 10.1. The molecule has 0 fully saturated rings. The van der Waals surface area contributed by atoms with E-state index in [0.29, 0.717) is 6.42 Å². The van der Waals surface area contributed by atoms with Gasteiger partial charge in [-0.25, -0.2) is 4.98 Å². The van der Waals surface area contributed by atoms with Crippen molar-refractivity contribution in [1.82, 2.24) is 9.55 Å². The van der Waals surface area contributed by atoms with Gasteiger partial charge in [0, 0.05) is 24.5 Å². The van der Waals surface area contributed by atoms with Crippen LogP contribution in [0.5, 0.6) is 0 Å². The first-order valence-electron chi connectivity index (χ1n) is 4.82. The average Bonchev–Trinajstić information content (AvgIpc) is 2.69. The average molecular weight is 200 g/mol. The van der Waals surface area contributed by atoms with Crippen molar-refractivity contribution in [2.45, 2.75) is 13.3 Å². The number of ketones is 1. The summed E-state index contributed by atoms with van der Waals surface area (Å²) in [6.45, 7) is 1.60. The molecule has 0 saturated heterocycles. The molecule has 0 aliphatic carbocycles. The third-order valence-electron chi connectivity index (χ3n) is 2.17. The van der Waals surface area contributed by atoms with Crippen molar-refractivity contribution in [2.24, 2.45) is 0 Å². The number of hydrogen-bond acceptors (Lipinski definition) is 2. The Balaban J connectivity index is 2.31. The smallest absolute Gasteiger partial charge is 0.134 e. The SMILES string of the molecule is CC(=O)Cc1cccc(-n2ccnc2)c1. The highest BCUT2D eigenvalue weighted by Gasteiger charge is 2.00. The number of imidazole rings is 1. The van der Waals surface area contributed by atoms with E-state index in [1.165, 1.54) is 0 Å². The summed E-state index contributed by atoms with van der Waals surface area (Å²) in [6, 6.07) is 7.91. The van der Waals surface area contributed by atoms with E-state index >= 15 is 0 Å². The molecule has 0 radical (unpaired) electrons. The summed E-state index contributed by atoms with van der Waals surface area (Å²) in [5.74, 6) is 0.179. The van der Waals surface area contributed by atoms with E-state index in [4.69, 9.17) is 0 Å². The number of aromatic nitrogens is 2. The van der Waals surface area contributed by atoms with Crippen LogP contribution >= 0.6 is 0 Å². The molecule has 0 bridgehead atoms. The number of Topliss-reactive ketones (excluding diaryl/α,β-unsaturated/α-hetero) is 1. The monoisotopic (exact) mass is 200 g/mol. The molecule has 0 atom stereocenters. The van der Waals surface area contributed by atoms with Gasteiger partial charge in [-0.1, -0.05) is 12.1 Å². The van der Waals surface area contributed by atoms with Crippen molar-refractivity contribution in [3.8, 4) is 5.69 Å². The fourth-order valence-corrected chi connectivity index (χ4v) is 1.53. The lowest BCUT2D eigenvalue weighted by Crippen LogP contribution is -1.98. The molecule has 0 N–H and O–H groups in total. The van der Waals surface area contributed by atoms with E-state index in [2.05, 4.69) is 4.98 Å². The minimum Gasteiger partial charge on any atom is -0.306 e. The van der Waals surface area contributed by atoms with Gasteiger partial charge in [-0.05, 0) is 24.6 Å². The highest BCUT2D eigenvalue weighted by atomic mass is 16.1. The van der Waals surface area contributed by atoms with Gasteiger partial charge in [0.1, 0.15) is 5.78 Å². The van der Waals surface area contributed by atoms with Gasteiger partial charge in [0.05, 0.1) is 6.33 Å². The topological polar surface area (TPSA) is 34.9 Å². The van der Waals surface area contributed by atoms with Gasteiger partial charge < -0.3 is 4.57 Å². The normalized spacial score (nSPS) is 10.2. The number of carbonyl (C=O) groups excluding carboxylic acids is 1. The van der Waals surface area contributed by atoms with Gasteiger partial charge in [-0.3, -0.25) is 4.79 Å². The van der Waals surface area contributed by atoms with Crippen LogP contribution in [0.3, 0.4) is 0 Å². The Morgan fingerprint density at radius 2 is 2.33 bits per heavy atom. The summed E-state index contributed by atoms with van der Waals surface area (Å²) in [4.78, 5) is 15.0. The van der Waals surface area contributed by atoms with Crippen LogP contribution in [0.1, 0.15) is 12.5 Å². The van der Waals surface area contributed by atoms with Gasteiger partial charge in [0.2, 0.25) is 0 Å². The van der Waals surface area contributed by atoms with Crippen LogP contribution in [0.4, 0.5) is 0 Å². The van der Waals surface area contributed by atoms with Gasteiger partial charge in [0.25, 0.3) is 0 Å². The van der Waals surface area contributed by atoms with Gasteiger partial charge in [0.15, 0.2) is 0 Å². The first-order chi connectivity index (χ1) is 7.25. The molecule has 76 valence electrons. The van der Waals surface area contributed by atoms with E-state index in [1.54, 1.807) is 19.4 Å². The van der Waals surface area contributed by atoms with Crippen molar-refractivity contribution in [3.05, 3.63) is 48.5 Å². The van der Waals surface area contributed by atoms with Crippen molar-refractivity contribution >= 4 is 5.78 Å². The lowest BCUT2D eigenvalue weighted by molar-refractivity contribution is -0.116. The molecule has 0 unspecified atom stereocenters. The number of carbonyl (C=O) groups is 1. The molecule has 3 heteroatoms. The molecule has 0 aliphatic rings. The minimum atomic E-state index is 0.179. The highest BCUT2D eigenvalue weighted by Crippen LogP contribution is 2.10. The van der Waals surface area contributed by atoms with Crippen LogP contribution in [0.15, 0.2) is 43.0 Å². The summed E-state index contributed by atoms with van der Waals surface area (Å²) in [6.07, 6.45) is 5.85. The summed E-state index contributed by atoms with van der Waals surface area (Å²) in [5, 5.41) is 0. The zero-order chi connectivity index (χ0) is 10.7. The van der Waals surface area contributed by atoms with Gasteiger partial charge in [-0.15, -0.1) is 0 Å². The van der Waals surface area contributed by atoms with E-state index in [1.807, 2.05) is 35.0 Å². The Morgan fingerprint density at radius 1 is 1.47 bits per heavy atom. The molecule has 0 aliphatic heterocycles. The summed E-state index contributed by atoms with van der Waals surface area (Å²) < 4.78 is 1.92. The summed E-state index contributed by atoms with van der Waals surface area (Å²) >= 11 is 0. The second kappa shape index (κ2) is 4.09. The number of benzene rings is 1. The molecule has 0 saturated carbocycles. The number of nitrogens with zero attached hydrogens (tertiary/aromatic N) is 2. The van der Waals surface area contributed by atoms with Gasteiger partial charge in [-0.2, -0.15) is 0 Å². The molecule has 15 heavy (non-hydrogen) atoms. The van der Waals surface area contributed by atoms with Crippen LogP contribution in [-0.4, -0.2) is 15.3 Å². The maximum absolute atomic E-state index is 11.0.